The molecule has 0 radical (unpaired) electrons. The molecule has 4 nitrogen and oxygen atoms in total. The van der Waals surface area contributed by atoms with Gasteiger partial charge in [0.15, 0.2) is 11.4 Å². The number of halogens is 3. The van der Waals surface area contributed by atoms with E-state index in [0.717, 1.165) is 3.79 Å². The number of thiophene rings is 1. The van der Waals surface area contributed by atoms with Crippen LogP contribution in [0.5, 0.6) is 0 Å². The molecule has 1 aromatic heterocycles. The number of carbonyl (C=O) groups is 2. The standard InChI is InChI=1S/C14H8Br3NO3S/c15-6-3-7-12(8(16)4-6)18-13(20)14(7,21)5-9(19)10-1-2-11(17)22-10/h1-4,21H,5H2,(H,18,20)/t14-/m0/s1. The zero-order valence-electron chi connectivity index (χ0n) is 10.8. The Balaban J connectivity index is 2.00. The molecule has 8 heteroatoms. The van der Waals surface area contributed by atoms with Crippen LogP contribution < -0.4 is 5.32 Å². The monoisotopic (exact) mass is 507 g/mol. The van der Waals surface area contributed by atoms with Crippen molar-refractivity contribution in [2.45, 2.75) is 12.0 Å². The van der Waals surface area contributed by atoms with Gasteiger partial charge in [-0.15, -0.1) is 11.3 Å². The summed E-state index contributed by atoms with van der Waals surface area (Å²) in [6.07, 6.45) is -0.304. The zero-order valence-corrected chi connectivity index (χ0v) is 16.4. The molecule has 0 fully saturated rings. The molecule has 3 rings (SSSR count). The third-order valence-corrected chi connectivity index (χ3v) is 6.13. The summed E-state index contributed by atoms with van der Waals surface area (Å²) in [7, 11) is 0. The number of ketones is 1. The summed E-state index contributed by atoms with van der Waals surface area (Å²) in [5, 5.41) is 13.4. The lowest BCUT2D eigenvalue weighted by atomic mass is 9.89. The average Bonchev–Trinajstić information content (AvgIpc) is 2.96. The lowest BCUT2D eigenvalue weighted by Gasteiger charge is -2.20. The lowest BCUT2D eigenvalue weighted by molar-refractivity contribution is -0.133. The van der Waals surface area contributed by atoms with E-state index in [1.807, 2.05) is 0 Å². The van der Waals surface area contributed by atoms with Gasteiger partial charge in [0.25, 0.3) is 5.91 Å². The van der Waals surface area contributed by atoms with Crippen LogP contribution in [0, 0.1) is 0 Å². The van der Waals surface area contributed by atoms with E-state index < -0.39 is 11.5 Å². The number of carbonyl (C=O) groups excluding carboxylic acids is 2. The fourth-order valence-electron chi connectivity index (χ4n) is 2.33. The Morgan fingerprint density at radius 1 is 1.27 bits per heavy atom. The van der Waals surface area contributed by atoms with Crippen LogP contribution in [-0.2, 0) is 10.4 Å². The molecular weight excluding hydrogens is 502 g/mol. The third kappa shape index (κ3) is 2.71. The van der Waals surface area contributed by atoms with E-state index in [4.69, 9.17) is 0 Å². The first-order valence-corrected chi connectivity index (χ1v) is 9.33. The van der Waals surface area contributed by atoms with Crippen molar-refractivity contribution in [3.63, 3.8) is 0 Å². The molecule has 2 aromatic rings. The number of Topliss-reactive ketones (excluding diaryl/α,β-unsaturated/α-hetero) is 1. The number of hydrogen-bond acceptors (Lipinski definition) is 4. The Labute approximate surface area is 155 Å². The van der Waals surface area contributed by atoms with E-state index in [9.17, 15) is 14.7 Å². The lowest BCUT2D eigenvalue weighted by Crippen LogP contribution is -2.36. The normalized spacial score (nSPS) is 19.9. The van der Waals surface area contributed by atoms with Crippen LogP contribution in [0.2, 0.25) is 0 Å². The van der Waals surface area contributed by atoms with Crippen LogP contribution in [0.4, 0.5) is 5.69 Å². The second-order valence-corrected chi connectivity index (χ2v) is 9.06. The third-order valence-electron chi connectivity index (χ3n) is 3.38. The smallest absolute Gasteiger partial charge is 0.261 e. The minimum Gasteiger partial charge on any atom is -0.375 e. The summed E-state index contributed by atoms with van der Waals surface area (Å²) >= 11 is 11.2. The number of benzene rings is 1. The minimum absolute atomic E-state index is 0.280. The molecule has 0 unspecified atom stereocenters. The maximum absolute atomic E-state index is 12.4. The van der Waals surface area contributed by atoms with E-state index in [1.165, 1.54) is 11.3 Å². The van der Waals surface area contributed by atoms with Crippen LogP contribution >= 0.6 is 59.1 Å². The van der Waals surface area contributed by atoms with E-state index in [2.05, 4.69) is 53.1 Å². The summed E-state index contributed by atoms with van der Waals surface area (Å²) in [4.78, 5) is 25.1. The van der Waals surface area contributed by atoms with Gasteiger partial charge in [0.1, 0.15) is 0 Å². The van der Waals surface area contributed by atoms with Crippen molar-refractivity contribution in [2.24, 2.45) is 0 Å². The second-order valence-electron chi connectivity index (χ2n) is 4.83. The maximum atomic E-state index is 12.4. The molecular formula is C14H8Br3NO3S. The van der Waals surface area contributed by atoms with Crippen molar-refractivity contribution in [1.82, 2.24) is 0 Å². The number of rotatable bonds is 3. The van der Waals surface area contributed by atoms with E-state index >= 15 is 0 Å². The van der Waals surface area contributed by atoms with Gasteiger partial charge in [-0.05, 0) is 56.1 Å². The first-order valence-electron chi connectivity index (χ1n) is 6.13. The van der Waals surface area contributed by atoms with Crippen LogP contribution in [0.15, 0.2) is 37.0 Å². The minimum atomic E-state index is -1.87. The summed E-state index contributed by atoms with van der Waals surface area (Å²) in [5.41, 5.74) is -0.978. The molecule has 2 N–H and O–H groups in total. The summed E-state index contributed by atoms with van der Waals surface area (Å²) < 4.78 is 2.18. The highest BCUT2D eigenvalue weighted by atomic mass is 79.9. The van der Waals surface area contributed by atoms with Crippen LogP contribution in [-0.4, -0.2) is 16.8 Å². The highest BCUT2D eigenvalue weighted by Gasteiger charge is 2.47. The molecule has 22 heavy (non-hydrogen) atoms. The van der Waals surface area contributed by atoms with Gasteiger partial charge in [0.05, 0.1) is 20.8 Å². The molecule has 0 saturated carbocycles. The Hall–Kier alpha value is -0.540. The van der Waals surface area contributed by atoms with Crippen molar-refractivity contribution in [3.8, 4) is 0 Å². The quantitative estimate of drug-likeness (QED) is 0.601. The van der Waals surface area contributed by atoms with Crippen molar-refractivity contribution in [2.75, 3.05) is 5.32 Å². The van der Waals surface area contributed by atoms with Gasteiger partial charge in [0, 0.05) is 14.5 Å². The van der Waals surface area contributed by atoms with Crippen LogP contribution in [0.3, 0.4) is 0 Å². The first-order chi connectivity index (χ1) is 10.3. The molecule has 114 valence electrons. The summed E-state index contributed by atoms with van der Waals surface area (Å²) in [6, 6.07) is 6.85. The first kappa shape index (κ1) is 16.3. The SMILES string of the molecule is O=C(C[C@@]1(O)C(=O)Nc2c(Br)cc(Br)cc21)c1ccc(Br)s1. The summed E-state index contributed by atoms with van der Waals surface area (Å²) in [6.45, 7) is 0. The Morgan fingerprint density at radius 3 is 2.64 bits per heavy atom. The van der Waals surface area contributed by atoms with Gasteiger partial charge in [-0.2, -0.15) is 0 Å². The zero-order chi connectivity index (χ0) is 16.1. The summed E-state index contributed by atoms with van der Waals surface area (Å²) in [5.74, 6) is -0.873. The van der Waals surface area contributed by atoms with Gasteiger partial charge in [-0.3, -0.25) is 9.59 Å². The predicted molar refractivity (Wildman–Crippen MR) is 95.3 cm³/mol. The number of amides is 1. The largest absolute Gasteiger partial charge is 0.375 e. The molecule has 1 aromatic carbocycles. The molecule has 0 aliphatic carbocycles. The van der Waals surface area contributed by atoms with Crippen LogP contribution in [0.25, 0.3) is 0 Å². The van der Waals surface area contributed by atoms with Gasteiger partial charge >= 0.3 is 0 Å². The molecule has 0 spiro atoms. The molecule has 0 saturated heterocycles. The van der Waals surface area contributed by atoms with E-state index in [1.54, 1.807) is 24.3 Å². The van der Waals surface area contributed by atoms with Gasteiger partial charge in [-0.25, -0.2) is 0 Å². The van der Waals surface area contributed by atoms with E-state index in [0.29, 0.717) is 25.1 Å². The molecule has 1 atom stereocenters. The second kappa shape index (κ2) is 5.83. The fraction of sp³-hybridized carbons (Fsp3) is 0.143. The Bertz CT molecular complexity index is 805. The van der Waals surface area contributed by atoms with E-state index in [-0.39, 0.29) is 12.2 Å². The van der Waals surface area contributed by atoms with Gasteiger partial charge in [0.2, 0.25) is 0 Å². The van der Waals surface area contributed by atoms with Crippen molar-refractivity contribution in [1.29, 1.82) is 0 Å². The number of hydrogen-bond donors (Lipinski definition) is 2. The maximum Gasteiger partial charge on any atom is 0.261 e. The van der Waals surface area contributed by atoms with Crippen LogP contribution in [0.1, 0.15) is 21.7 Å². The average molecular weight is 510 g/mol. The molecule has 1 aliphatic rings. The fourth-order valence-corrected chi connectivity index (χ4v) is 4.97. The topological polar surface area (TPSA) is 66.4 Å². The van der Waals surface area contributed by atoms with Gasteiger partial charge < -0.3 is 10.4 Å². The molecule has 1 aliphatic heterocycles. The molecule has 0 bridgehead atoms. The van der Waals surface area contributed by atoms with Crippen molar-refractivity contribution >= 4 is 76.5 Å². The Morgan fingerprint density at radius 2 is 2.00 bits per heavy atom. The Kier molecular flexibility index (Phi) is 4.32. The van der Waals surface area contributed by atoms with Gasteiger partial charge in [-0.1, -0.05) is 15.9 Å². The van der Waals surface area contributed by atoms with Crippen molar-refractivity contribution < 1.29 is 14.7 Å². The number of nitrogens with one attached hydrogen (secondary N) is 1. The number of aliphatic hydroxyl groups is 1. The number of fused-ring (bicyclic) bond motifs is 1. The predicted octanol–water partition coefficient (Wildman–Crippen LogP) is 4.45. The number of anilines is 1. The molecule has 2 heterocycles. The molecule has 1 amide bonds. The highest BCUT2D eigenvalue weighted by Crippen LogP contribution is 2.44. The highest BCUT2D eigenvalue weighted by molar-refractivity contribution is 9.11. The van der Waals surface area contributed by atoms with Crippen molar-refractivity contribution in [3.05, 3.63) is 47.4 Å².